The Morgan fingerprint density at radius 1 is 1.33 bits per heavy atom. The van der Waals surface area contributed by atoms with E-state index in [2.05, 4.69) is 19.2 Å². The molecule has 1 aromatic heterocycles. The van der Waals surface area contributed by atoms with Crippen LogP contribution in [0.3, 0.4) is 0 Å². The van der Waals surface area contributed by atoms with Gasteiger partial charge in [-0.15, -0.1) is 0 Å². The van der Waals surface area contributed by atoms with Crippen LogP contribution in [-0.4, -0.2) is 6.54 Å². The fourth-order valence-electron chi connectivity index (χ4n) is 2.04. The smallest absolute Gasteiger partial charge is 0.123 e. The molecule has 2 nitrogen and oxygen atoms in total. The monoisotopic (exact) mass is 247 g/mol. The number of hydrogen-bond donors (Lipinski definition) is 1. The maximum atomic E-state index is 13.4. The van der Waals surface area contributed by atoms with Gasteiger partial charge in [0.1, 0.15) is 5.82 Å². The summed E-state index contributed by atoms with van der Waals surface area (Å²) >= 11 is 0. The van der Waals surface area contributed by atoms with Gasteiger partial charge in [-0.1, -0.05) is 13.0 Å². The van der Waals surface area contributed by atoms with E-state index in [1.165, 1.54) is 6.07 Å². The second-order valence-corrected chi connectivity index (χ2v) is 4.42. The number of nitrogens with one attached hydrogen (secondary N) is 1. The van der Waals surface area contributed by atoms with Gasteiger partial charge in [0.15, 0.2) is 0 Å². The molecule has 0 aliphatic rings. The van der Waals surface area contributed by atoms with Gasteiger partial charge < -0.3 is 9.73 Å². The van der Waals surface area contributed by atoms with Crippen molar-refractivity contribution in [2.24, 2.45) is 0 Å². The molecule has 0 aliphatic carbocycles. The predicted molar refractivity (Wildman–Crippen MR) is 70.8 cm³/mol. The third-order valence-electron chi connectivity index (χ3n) is 3.01. The molecular weight excluding hydrogens is 229 g/mol. The summed E-state index contributed by atoms with van der Waals surface area (Å²) in [6, 6.07) is 6.94. The Labute approximate surface area is 107 Å². The summed E-state index contributed by atoms with van der Waals surface area (Å²) in [5.41, 5.74) is 2.89. The molecule has 2 rings (SSSR count). The standard InChI is InChI=1S/C15H18FNO/c1-3-7-17-11(2)14-5-4-13(16)9-15(14)12-6-8-18-10-12/h4-6,8-11,17H,3,7H2,1-2H3. The summed E-state index contributed by atoms with van der Waals surface area (Å²) in [6.07, 6.45) is 4.32. The van der Waals surface area contributed by atoms with Gasteiger partial charge in [0.05, 0.1) is 12.5 Å². The van der Waals surface area contributed by atoms with Crippen LogP contribution in [0.5, 0.6) is 0 Å². The molecule has 0 saturated carbocycles. The molecule has 96 valence electrons. The molecule has 1 heterocycles. The van der Waals surface area contributed by atoms with Gasteiger partial charge >= 0.3 is 0 Å². The topological polar surface area (TPSA) is 25.2 Å². The third-order valence-corrected chi connectivity index (χ3v) is 3.01. The Hall–Kier alpha value is -1.61. The number of halogens is 1. The van der Waals surface area contributed by atoms with Crippen LogP contribution in [0.1, 0.15) is 31.9 Å². The first-order chi connectivity index (χ1) is 8.72. The Kier molecular flexibility index (Phi) is 4.15. The fraction of sp³-hybridized carbons (Fsp3) is 0.333. The third kappa shape index (κ3) is 2.79. The van der Waals surface area contributed by atoms with Crippen LogP contribution in [0.15, 0.2) is 41.2 Å². The van der Waals surface area contributed by atoms with Crippen LogP contribution >= 0.6 is 0 Å². The summed E-state index contributed by atoms with van der Waals surface area (Å²) in [5.74, 6) is -0.224. The minimum Gasteiger partial charge on any atom is -0.472 e. The molecule has 0 amide bonds. The Morgan fingerprint density at radius 2 is 2.17 bits per heavy atom. The largest absolute Gasteiger partial charge is 0.472 e. The zero-order valence-corrected chi connectivity index (χ0v) is 10.7. The molecule has 0 aliphatic heterocycles. The molecule has 0 saturated heterocycles. The van der Waals surface area contributed by atoms with E-state index in [1.807, 2.05) is 12.1 Å². The van der Waals surface area contributed by atoms with Crippen LogP contribution in [0.2, 0.25) is 0 Å². The van der Waals surface area contributed by atoms with E-state index in [0.29, 0.717) is 0 Å². The summed E-state index contributed by atoms with van der Waals surface area (Å²) in [4.78, 5) is 0. The van der Waals surface area contributed by atoms with E-state index in [0.717, 1.165) is 29.7 Å². The zero-order valence-electron chi connectivity index (χ0n) is 10.7. The fourth-order valence-corrected chi connectivity index (χ4v) is 2.04. The first-order valence-electron chi connectivity index (χ1n) is 6.27. The van der Waals surface area contributed by atoms with E-state index < -0.39 is 0 Å². The van der Waals surface area contributed by atoms with Crippen molar-refractivity contribution in [1.29, 1.82) is 0 Å². The molecule has 1 unspecified atom stereocenters. The highest BCUT2D eigenvalue weighted by molar-refractivity contribution is 5.67. The van der Waals surface area contributed by atoms with Crippen molar-refractivity contribution in [3.05, 3.63) is 48.2 Å². The molecular formula is C15H18FNO. The second-order valence-electron chi connectivity index (χ2n) is 4.42. The highest BCUT2D eigenvalue weighted by Gasteiger charge is 2.13. The van der Waals surface area contributed by atoms with Gasteiger partial charge in [-0.05, 0) is 49.2 Å². The zero-order chi connectivity index (χ0) is 13.0. The van der Waals surface area contributed by atoms with E-state index in [1.54, 1.807) is 18.6 Å². The average molecular weight is 247 g/mol. The summed E-state index contributed by atoms with van der Waals surface area (Å²) in [5, 5.41) is 3.42. The lowest BCUT2D eigenvalue weighted by atomic mass is 9.97. The molecule has 1 atom stereocenters. The van der Waals surface area contributed by atoms with Crippen LogP contribution in [0.25, 0.3) is 11.1 Å². The number of furan rings is 1. The van der Waals surface area contributed by atoms with Crippen molar-refractivity contribution in [1.82, 2.24) is 5.32 Å². The minimum atomic E-state index is -0.224. The summed E-state index contributed by atoms with van der Waals surface area (Å²) in [7, 11) is 0. The Bertz CT molecular complexity index is 493. The average Bonchev–Trinajstić information content (AvgIpc) is 2.89. The molecule has 0 bridgehead atoms. The van der Waals surface area contributed by atoms with Crippen molar-refractivity contribution >= 4 is 0 Å². The lowest BCUT2D eigenvalue weighted by molar-refractivity contribution is 0.565. The van der Waals surface area contributed by atoms with Gasteiger partial charge in [-0.3, -0.25) is 0 Å². The number of benzene rings is 1. The molecule has 3 heteroatoms. The SMILES string of the molecule is CCCNC(C)c1ccc(F)cc1-c1ccoc1. The summed E-state index contributed by atoms with van der Waals surface area (Å²) in [6.45, 7) is 5.16. The maximum absolute atomic E-state index is 13.4. The summed E-state index contributed by atoms with van der Waals surface area (Å²) < 4.78 is 18.5. The van der Waals surface area contributed by atoms with Crippen molar-refractivity contribution in [3.63, 3.8) is 0 Å². The quantitative estimate of drug-likeness (QED) is 0.858. The van der Waals surface area contributed by atoms with E-state index in [9.17, 15) is 4.39 Å². The molecule has 0 radical (unpaired) electrons. The first-order valence-corrected chi connectivity index (χ1v) is 6.27. The number of hydrogen-bond acceptors (Lipinski definition) is 2. The highest BCUT2D eigenvalue weighted by Crippen LogP contribution is 2.29. The Balaban J connectivity index is 2.35. The van der Waals surface area contributed by atoms with E-state index >= 15 is 0 Å². The van der Waals surface area contributed by atoms with Gasteiger partial charge in [-0.2, -0.15) is 0 Å². The maximum Gasteiger partial charge on any atom is 0.123 e. The molecule has 1 aromatic carbocycles. The molecule has 2 aromatic rings. The van der Waals surface area contributed by atoms with Crippen molar-refractivity contribution in [3.8, 4) is 11.1 Å². The van der Waals surface area contributed by atoms with Gasteiger partial charge in [0.2, 0.25) is 0 Å². The highest BCUT2D eigenvalue weighted by atomic mass is 19.1. The van der Waals surface area contributed by atoms with Gasteiger partial charge in [-0.25, -0.2) is 4.39 Å². The van der Waals surface area contributed by atoms with Crippen molar-refractivity contribution < 1.29 is 8.81 Å². The van der Waals surface area contributed by atoms with Crippen LogP contribution < -0.4 is 5.32 Å². The van der Waals surface area contributed by atoms with Crippen molar-refractivity contribution in [2.75, 3.05) is 6.54 Å². The molecule has 1 N–H and O–H groups in total. The second kappa shape index (κ2) is 5.83. The van der Waals surface area contributed by atoms with Crippen LogP contribution in [0, 0.1) is 5.82 Å². The van der Waals surface area contributed by atoms with Gasteiger partial charge in [0.25, 0.3) is 0 Å². The van der Waals surface area contributed by atoms with E-state index in [-0.39, 0.29) is 11.9 Å². The predicted octanol–water partition coefficient (Wildman–Crippen LogP) is 4.15. The lowest BCUT2D eigenvalue weighted by Crippen LogP contribution is -2.19. The van der Waals surface area contributed by atoms with Crippen LogP contribution in [-0.2, 0) is 0 Å². The van der Waals surface area contributed by atoms with Gasteiger partial charge in [0, 0.05) is 11.6 Å². The normalized spacial score (nSPS) is 12.6. The number of rotatable bonds is 5. The van der Waals surface area contributed by atoms with Crippen molar-refractivity contribution in [2.45, 2.75) is 26.3 Å². The molecule has 0 spiro atoms. The molecule has 18 heavy (non-hydrogen) atoms. The Morgan fingerprint density at radius 3 is 2.83 bits per heavy atom. The minimum absolute atomic E-state index is 0.190. The molecule has 0 fully saturated rings. The van der Waals surface area contributed by atoms with Crippen LogP contribution in [0.4, 0.5) is 4.39 Å². The van der Waals surface area contributed by atoms with E-state index in [4.69, 9.17) is 4.42 Å². The lowest BCUT2D eigenvalue weighted by Gasteiger charge is -2.17. The first kappa shape index (κ1) is 12.8.